The minimum absolute atomic E-state index is 0.102. The number of ketones is 1. The molecule has 0 bridgehead atoms. The average molecular weight is 369 g/mol. The largest absolute Gasteiger partial charge is 0.467 e. The van der Waals surface area contributed by atoms with Crippen LogP contribution in [-0.2, 0) is 16.1 Å². The summed E-state index contributed by atoms with van der Waals surface area (Å²) in [5.41, 5.74) is 0.966. The molecule has 1 aliphatic heterocycles. The predicted octanol–water partition coefficient (Wildman–Crippen LogP) is 2.20. The van der Waals surface area contributed by atoms with Gasteiger partial charge in [0.2, 0.25) is 11.8 Å². The van der Waals surface area contributed by atoms with Crippen LogP contribution in [0.2, 0.25) is 0 Å². The van der Waals surface area contributed by atoms with Crippen LogP contribution in [0.25, 0.3) is 0 Å². The average Bonchev–Trinajstić information content (AvgIpc) is 3.31. The van der Waals surface area contributed by atoms with Gasteiger partial charge >= 0.3 is 0 Å². The normalized spacial score (nSPS) is 16.9. The topological polar surface area (TPSA) is 91.7 Å². The number of benzene rings is 1. The molecule has 2 N–H and O–H groups in total. The summed E-state index contributed by atoms with van der Waals surface area (Å²) >= 11 is 0. The Labute approximate surface area is 157 Å². The number of amides is 2. The lowest BCUT2D eigenvalue weighted by atomic mass is 10.1. The molecule has 2 heterocycles. The molecular formula is C20H23N3O4. The van der Waals surface area contributed by atoms with Gasteiger partial charge in [-0.1, -0.05) is 12.1 Å². The van der Waals surface area contributed by atoms with Gasteiger partial charge < -0.3 is 15.1 Å². The van der Waals surface area contributed by atoms with Crippen LogP contribution in [0.5, 0.6) is 0 Å². The van der Waals surface area contributed by atoms with Crippen LogP contribution in [0.4, 0.5) is 5.69 Å². The highest BCUT2D eigenvalue weighted by atomic mass is 16.3. The highest BCUT2D eigenvalue weighted by Crippen LogP contribution is 2.19. The van der Waals surface area contributed by atoms with Crippen molar-refractivity contribution in [3.05, 3.63) is 54.0 Å². The molecule has 0 radical (unpaired) electrons. The number of hydrogen-bond acceptors (Lipinski definition) is 5. The molecule has 1 aromatic carbocycles. The molecule has 7 heteroatoms. The van der Waals surface area contributed by atoms with E-state index in [4.69, 9.17) is 4.42 Å². The van der Waals surface area contributed by atoms with Crippen LogP contribution in [0.15, 0.2) is 47.1 Å². The quantitative estimate of drug-likeness (QED) is 0.730. The first-order chi connectivity index (χ1) is 13.0. The van der Waals surface area contributed by atoms with E-state index in [1.54, 1.807) is 42.7 Å². The molecule has 1 saturated heterocycles. The van der Waals surface area contributed by atoms with Crippen molar-refractivity contribution >= 4 is 23.3 Å². The Morgan fingerprint density at radius 1 is 1.19 bits per heavy atom. The first-order valence-electron chi connectivity index (χ1n) is 8.98. The minimum atomic E-state index is -0.339. The molecule has 142 valence electrons. The van der Waals surface area contributed by atoms with Gasteiger partial charge in [0, 0.05) is 5.56 Å². The zero-order valence-electron chi connectivity index (χ0n) is 15.2. The van der Waals surface area contributed by atoms with Crippen LogP contribution in [0, 0.1) is 0 Å². The summed E-state index contributed by atoms with van der Waals surface area (Å²) in [5.74, 6) is 0.226. The second-order valence-corrected chi connectivity index (χ2v) is 6.58. The smallest absolute Gasteiger partial charge is 0.238 e. The molecule has 1 atom stereocenters. The van der Waals surface area contributed by atoms with Gasteiger partial charge in [-0.3, -0.25) is 19.3 Å². The van der Waals surface area contributed by atoms with Crippen molar-refractivity contribution in [1.29, 1.82) is 0 Å². The van der Waals surface area contributed by atoms with E-state index in [0.717, 1.165) is 6.42 Å². The number of carbonyl (C=O) groups is 3. The number of likely N-dealkylation sites (tertiary alicyclic amines) is 1. The Hall–Kier alpha value is -2.93. The van der Waals surface area contributed by atoms with E-state index in [0.29, 0.717) is 36.5 Å². The summed E-state index contributed by atoms with van der Waals surface area (Å²) in [6.45, 7) is 2.57. The Kier molecular flexibility index (Phi) is 6.03. The third-order valence-corrected chi connectivity index (χ3v) is 4.61. The Balaban J connectivity index is 1.56. The molecule has 2 aromatic rings. The summed E-state index contributed by atoms with van der Waals surface area (Å²) in [7, 11) is 0. The van der Waals surface area contributed by atoms with Gasteiger partial charge in [0.1, 0.15) is 5.76 Å². The van der Waals surface area contributed by atoms with Gasteiger partial charge in [-0.2, -0.15) is 0 Å². The number of hydrogen-bond donors (Lipinski definition) is 2. The van der Waals surface area contributed by atoms with Gasteiger partial charge in [-0.25, -0.2) is 0 Å². The molecule has 0 unspecified atom stereocenters. The summed E-state index contributed by atoms with van der Waals surface area (Å²) in [6.07, 6.45) is 3.13. The van der Waals surface area contributed by atoms with Gasteiger partial charge in [-0.15, -0.1) is 0 Å². The highest BCUT2D eigenvalue weighted by Gasteiger charge is 2.31. The molecule has 1 fully saturated rings. The lowest BCUT2D eigenvalue weighted by Gasteiger charge is -2.23. The molecule has 0 spiro atoms. The van der Waals surface area contributed by atoms with E-state index in [1.165, 1.54) is 6.92 Å². The van der Waals surface area contributed by atoms with Gasteiger partial charge in [-0.05, 0) is 50.6 Å². The number of nitrogens with zero attached hydrogens (tertiary/aromatic N) is 1. The summed E-state index contributed by atoms with van der Waals surface area (Å²) in [5, 5.41) is 5.64. The fraction of sp³-hybridized carbons (Fsp3) is 0.350. The van der Waals surface area contributed by atoms with Crippen molar-refractivity contribution in [1.82, 2.24) is 10.2 Å². The maximum atomic E-state index is 12.5. The summed E-state index contributed by atoms with van der Waals surface area (Å²) < 4.78 is 5.21. The number of rotatable bonds is 7. The first kappa shape index (κ1) is 18.8. The maximum absolute atomic E-state index is 12.5. The van der Waals surface area contributed by atoms with Gasteiger partial charge in [0.15, 0.2) is 5.78 Å². The molecular weight excluding hydrogens is 346 g/mol. The molecule has 1 aliphatic rings. The maximum Gasteiger partial charge on any atom is 0.238 e. The fourth-order valence-corrected chi connectivity index (χ4v) is 3.29. The molecule has 7 nitrogen and oxygen atoms in total. The van der Waals surface area contributed by atoms with Gasteiger partial charge in [0.05, 0.1) is 31.1 Å². The Morgan fingerprint density at radius 3 is 2.74 bits per heavy atom. The number of furan rings is 1. The van der Waals surface area contributed by atoms with Crippen LogP contribution < -0.4 is 10.6 Å². The summed E-state index contributed by atoms with van der Waals surface area (Å²) in [6, 6.07) is 10.1. The second-order valence-electron chi connectivity index (χ2n) is 6.58. The highest BCUT2D eigenvalue weighted by molar-refractivity contribution is 6.04. The van der Waals surface area contributed by atoms with E-state index in [1.807, 2.05) is 4.90 Å². The minimum Gasteiger partial charge on any atom is -0.467 e. The van der Waals surface area contributed by atoms with E-state index in [2.05, 4.69) is 10.6 Å². The van der Waals surface area contributed by atoms with E-state index in [-0.39, 0.29) is 30.2 Å². The monoisotopic (exact) mass is 369 g/mol. The van der Waals surface area contributed by atoms with Crippen molar-refractivity contribution in [2.45, 2.75) is 32.4 Å². The number of nitrogens with one attached hydrogen (secondary N) is 2. The third kappa shape index (κ3) is 4.83. The molecule has 27 heavy (non-hydrogen) atoms. The van der Waals surface area contributed by atoms with Crippen molar-refractivity contribution < 1.29 is 18.8 Å². The molecule has 2 amide bonds. The van der Waals surface area contributed by atoms with Gasteiger partial charge in [0.25, 0.3) is 0 Å². The molecule has 0 saturated carbocycles. The lowest BCUT2D eigenvalue weighted by molar-refractivity contribution is -0.126. The lowest BCUT2D eigenvalue weighted by Crippen LogP contribution is -2.45. The molecule has 3 rings (SSSR count). The predicted molar refractivity (Wildman–Crippen MR) is 100 cm³/mol. The SMILES string of the molecule is CC(=O)c1ccccc1NC(=O)CN1CCC[C@@H]1C(=O)NCc1ccco1. The number of para-hydroxylation sites is 1. The Morgan fingerprint density at radius 2 is 2.00 bits per heavy atom. The van der Waals surface area contributed by atoms with Crippen LogP contribution in [0.3, 0.4) is 0 Å². The Bertz CT molecular complexity index is 816. The summed E-state index contributed by atoms with van der Waals surface area (Å²) in [4.78, 5) is 38.5. The van der Waals surface area contributed by atoms with Crippen LogP contribution in [0.1, 0.15) is 35.9 Å². The van der Waals surface area contributed by atoms with Crippen molar-refractivity contribution in [3.63, 3.8) is 0 Å². The number of Topliss-reactive ketones (excluding diaryl/α,β-unsaturated/α-hetero) is 1. The molecule has 1 aromatic heterocycles. The fourth-order valence-electron chi connectivity index (χ4n) is 3.29. The van der Waals surface area contributed by atoms with E-state index < -0.39 is 0 Å². The van der Waals surface area contributed by atoms with Crippen LogP contribution in [-0.4, -0.2) is 41.6 Å². The van der Waals surface area contributed by atoms with Crippen LogP contribution >= 0.6 is 0 Å². The third-order valence-electron chi connectivity index (χ3n) is 4.61. The van der Waals surface area contributed by atoms with Crippen molar-refractivity contribution in [2.75, 3.05) is 18.4 Å². The number of anilines is 1. The zero-order chi connectivity index (χ0) is 19.2. The second kappa shape index (κ2) is 8.64. The molecule has 0 aliphatic carbocycles. The number of carbonyl (C=O) groups excluding carboxylic acids is 3. The first-order valence-corrected chi connectivity index (χ1v) is 8.98. The van der Waals surface area contributed by atoms with E-state index in [9.17, 15) is 14.4 Å². The standard InChI is InChI=1S/C20H23N3O4/c1-14(24)16-7-2-3-8-17(16)22-19(25)13-23-10-4-9-18(23)20(26)21-12-15-6-5-11-27-15/h2-3,5-8,11,18H,4,9-10,12-13H2,1H3,(H,21,26)(H,22,25)/t18-/m1/s1. The zero-order valence-corrected chi connectivity index (χ0v) is 15.2. The van der Waals surface area contributed by atoms with Crippen molar-refractivity contribution in [2.24, 2.45) is 0 Å². The van der Waals surface area contributed by atoms with Crippen molar-refractivity contribution in [3.8, 4) is 0 Å². The van der Waals surface area contributed by atoms with E-state index >= 15 is 0 Å².